The Morgan fingerprint density at radius 3 is 2.83 bits per heavy atom. The third kappa shape index (κ3) is 1.64. The number of oxime groups is 1. The van der Waals surface area contributed by atoms with E-state index in [2.05, 4.69) is 17.3 Å². The zero-order valence-corrected chi connectivity index (χ0v) is 6.81. The van der Waals surface area contributed by atoms with E-state index < -0.39 is 0 Å². The van der Waals surface area contributed by atoms with Crippen molar-refractivity contribution in [2.75, 3.05) is 0 Å². The summed E-state index contributed by atoms with van der Waals surface area (Å²) in [6.07, 6.45) is 3.98. The van der Waals surface area contributed by atoms with E-state index in [1.807, 2.05) is 24.4 Å². The molecule has 1 heterocycles. The molecule has 12 heavy (non-hydrogen) atoms. The third-order valence-electron chi connectivity index (χ3n) is 1.96. The largest absolute Gasteiger partial charge is 0.392 e. The van der Waals surface area contributed by atoms with Gasteiger partial charge in [-0.3, -0.25) is 0 Å². The molecule has 1 atom stereocenters. The van der Waals surface area contributed by atoms with Gasteiger partial charge < -0.3 is 4.84 Å². The van der Waals surface area contributed by atoms with Crippen LogP contribution in [0.3, 0.4) is 0 Å². The Morgan fingerprint density at radius 1 is 1.33 bits per heavy atom. The highest BCUT2D eigenvalue weighted by Gasteiger charge is 2.12. The SMILES string of the molecule is C1=NOC(Cc2ccccc2)C1. The van der Waals surface area contributed by atoms with Crippen molar-refractivity contribution in [2.24, 2.45) is 5.16 Å². The lowest BCUT2D eigenvalue weighted by Crippen LogP contribution is -2.08. The van der Waals surface area contributed by atoms with Gasteiger partial charge in [0.05, 0.1) is 0 Å². The number of benzene rings is 1. The van der Waals surface area contributed by atoms with Crippen molar-refractivity contribution in [1.29, 1.82) is 0 Å². The van der Waals surface area contributed by atoms with Crippen molar-refractivity contribution in [3.05, 3.63) is 35.9 Å². The molecule has 1 aliphatic rings. The zero-order chi connectivity index (χ0) is 8.23. The number of rotatable bonds is 2. The van der Waals surface area contributed by atoms with Gasteiger partial charge in [-0.15, -0.1) is 0 Å². The molecule has 62 valence electrons. The van der Waals surface area contributed by atoms with Crippen LogP contribution in [0.15, 0.2) is 35.5 Å². The standard InChI is InChI=1S/C10H11NO/c1-2-4-9(5-3-1)8-10-6-7-11-12-10/h1-5,7,10H,6,8H2. The van der Waals surface area contributed by atoms with Gasteiger partial charge >= 0.3 is 0 Å². The minimum absolute atomic E-state index is 0.257. The van der Waals surface area contributed by atoms with Crippen LogP contribution < -0.4 is 0 Å². The second-order valence-electron chi connectivity index (χ2n) is 2.94. The molecule has 2 rings (SSSR count). The van der Waals surface area contributed by atoms with E-state index in [0.29, 0.717) is 0 Å². The average molecular weight is 161 g/mol. The van der Waals surface area contributed by atoms with Crippen molar-refractivity contribution >= 4 is 6.21 Å². The molecule has 1 aromatic rings. The third-order valence-corrected chi connectivity index (χ3v) is 1.96. The molecule has 0 radical (unpaired) electrons. The highest BCUT2D eigenvalue weighted by molar-refractivity contribution is 5.58. The summed E-state index contributed by atoms with van der Waals surface area (Å²) in [7, 11) is 0. The summed E-state index contributed by atoms with van der Waals surface area (Å²) in [4.78, 5) is 5.13. The predicted molar refractivity (Wildman–Crippen MR) is 48.1 cm³/mol. The van der Waals surface area contributed by atoms with Crippen LogP contribution in [0.4, 0.5) is 0 Å². The molecule has 1 aromatic carbocycles. The predicted octanol–water partition coefficient (Wildman–Crippen LogP) is 2.00. The van der Waals surface area contributed by atoms with Crippen molar-refractivity contribution in [2.45, 2.75) is 18.9 Å². The van der Waals surface area contributed by atoms with E-state index in [4.69, 9.17) is 4.84 Å². The Labute approximate surface area is 71.8 Å². The van der Waals surface area contributed by atoms with E-state index in [1.165, 1.54) is 5.56 Å². The van der Waals surface area contributed by atoms with Crippen LogP contribution in [0.5, 0.6) is 0 Å². The zero-order valence-electron chi connectivity index (χ0n) is 6.81. The molecule has 1 unspecified atom stereocenters. The smallest absolute Gasteiger partial charge is 0.136 e. The first kappa shape index (κ1) is 7.35. The maximum Gasteiger partial charge on any atom is 0.136 e. The number of nitrogens with zero attached hydrogens (tertiary/aromatic N) is 1. The van der Waals surface area contributed by atoms with Crippen LogP contribution in [-0.2, 0) is 11.3 Å². The van der Waals surface area contributed by atoms with Gasteiger partial charge in [-0.1, -0.05) is 35.5 Å². The number of hydrogen-bond acceptors (Lipinski definition) is 2. The van der Waals surface area contributed by atoms with Gasteiger partial charge in [0, 0.05) is 19.1 Å². The summed E-state index contributed by atoms with van der Waals surface area (Å²) < 4.78 is 0. The molecule has 0 saturated carbocycles. The van der Waals surface area contributed by atoms with Gasteiger partial charge in [-0.2, -0.15) is 0 Å². The molecule has 0 spiro atoms. The summed E-state index contributed by atoms with van der Waals surface area (Å²) in [5.74, 6) is 0. The van der Waals surface area contributed by atoms with E-state index in [-0.39, 0.29) is 6.10 Å². The topological polar surface area (TPSA) is 21.6 Å². The molecule has 0 aliphatic carbocycles. The van der Waals surface area contributed by atoms with E-state index in [9.17, 15) is 0 Å². The lowest BCUT2D eigenvalue weighted by molar-refractivity contribution is 0.0860. The number of hydrogen-bond donors (Lipinski definition) is 0. The maximum absolute atomic E-state index is 5.13. The Morgan fingerprint density at radius 2 is 2.17 bits per heavy atom. The van der Waals surface area contributed by atoms with Crippen LogP contribution in [0.25, 0.3) is 0 Å². The Bertz CT molecular complexity index is 260. The van der Waals surface area contributed by atoms with Gasteiger partial charge in [-0.05, 0) is 5.56 Å². The fourth-order valence-electron chi connectivity index (χ4n) is 1.33. The normalized spacial score (nSPS) is 20.8. The lowest BCUT2D eigenvalue weighted by Gasteiger charge is -2.06. The van der Waals surface area contributed by atoms with Crippen LogP contribution in [0.2, 0.25) is 0 Å². The Balaban J connectivity index is 1.95. The molecular weight excluding hydrogens is 150 g/mol. The molecule has 0 saturated heterocycles. The first-order chi connectivity index (χ1) is 5.95. The van der Waals surface area contributed by atoms with Crippen molar-refractivity contribution in [1.82, 2.24) is 0 Å². The highest BCUT2D eigenvalue weighted by Crippen LogP contribution is 2.11. The van der Waals surface area contributed by atoms with Gasteiger partial charge in [0.2, 0.25) is 0 Å². The van der Waals surface area contributed by atoms with Crippen LogP contribution in [-0.4, -0.2) is 12.3 Å². The molecule has 1 aliphatic heterocycles. The van der Waals surface area contributed by atoms with Gasteiger partial charge in [0.25, 0.3) is 0 Å². The second kappa shape index (κ2) is 3.39. The van der Waals surface area contributed by atoms with E-state index in [0.717, 1.165) is 12.8 Å². The molecule has 0 N–H and O–H groups in total. The molecule has 0 fully saturated rings. The monoisotopic (exact) mass is 161 g/mol. The molecule has 2 nitrogen and oxygen atoms in total. The van der Waals surface area contributed by atoms with Gasteiger partial charge in [-0.25, -0.2) is 0 Å². The summed E-state index contributed by atoms with van der Waals surface area (Å²) in [6, 6.07) is 10.3. The molecule has 0 aromatic heterocycles. The van der Waals surface area contributed by atoms with Crippen LogP contribution in [0, 0.1) is 0 Å². The quantitative estimate of drug-likeness (QED) is 0.650. The first-order valence-corrected chi connectivity index (χ1v) is 4.17. The minimum atomic E-state index is 0.257. The van der Waals surface area contributed by atoms with Crippen molar-refractivity contribution in [3.8, 4) is 0 Å². The lowest BCUT2D eigenvalue weighted by atomic mass is 10.1. The Hall–Kier alpha value is -1.31. The van der Waals surface area contributed by atoms with E-state index >= 15 is 0 Å². The summed E-state index contributed by atoms with van der Waals surface area (Å²) in [6.45, 7) is 0. The molecular formula is C10H11NO. The molecule has 2 heteroatoms. The van der Waals surface area contributed by atoms with Crippen LogP contribution in [0.1, 0.15) is 12.0 Å². The van der Waals surface area contributed by atoms with Gasteiger partial charge in [0.15, 0.2) is 0 Å². The summed E-state index contributed by atoms with van der Waals surface area (Å²) in [5.41, 5.74) is 1.31. The average Bonchev–Trinajstić information content (AvgIpc) is 2.59. The Kier molecular flexibility index (Phi) is 2.08. The summed E-state index contributed by atoms with van der Waals surface area (Å²) in [5, 5.41) is 3.74. The van der Waals surface area contributed by atoms with Crippen molar-refractivity contribution in [3.63, 3.8) is 0 Å². The highest BCUT2D eigenvalue weighted by atomic mass is 16.6. The fraction of sp³-hybridized carbons (Fsp3) is 0.300. The van der Waals surface area contributed by atoms with Crippen LogP contribution >= 0.6 is 0 Å². The maximum atomic E-state index is 5.13. The molecule has 0 amide bonds. The first-order valence-electron chi connectivity index (χ1n) is 4.17. The van der Waals surface area contributed by atoms with Gasteiger partial charge in [0.1, 0.15) is 6.10 Å². The molecule has 0 bridgehead atoms. The summed E-state index contributed by atoms with van der Waals surface area (Å²) >= 11 is 0. The second-order valence-corrected chi connectivity index (χ2v) is 2.94. The fourth-order valence-corrected chi connectivity index (χ4v) is 1.33. The van der Waals surface area contributed by atoms with Crippen molar-refractivity contribution < 1.29 is 4.84 Å². The van der Waals surface area contributed by atoms with E-state index in [1.54, 1.807) is 0 Å². The minimum Gasteiger partial charge on any atom is -0.392 e.